The summed E-state index contributed by atoms with van der Waals surface area (Å²) in [5, 5.41) is 13.5. The number of nitrogens with zero attached hydrogens (tertiary/aromatic N) is 2. The highest BCUT2D eigenvalue weighted by Gasteiger charge is 2.16. The summed E-state index contributed by atoms with van der Waals surface area (Å²) in [6.07, 6.45) is 1.39. The fourth-order valence-corrected chi connectivity index (χ4v) is 1.87. The van der Waals surface area contributed by atoms with E-state index in [0.717, 1.165) is 12.1 Å². The van der Waals surface area contributed by atoms with Crippen LogP contribution in [0.15, 0.2) is 34.9 Å². The third-order valence-corrected chi connectivity index (χ3v) is 2.93. The molecule has 0 radical (unpaired) electrons. The first-order valence-corrected chi connectivity index (χ1v) is 6.24. The normalized spacial score (nSPS) is 10.3. The third kappa shape index (κ3) is 3.27. The Morgan fingerprint density at radius 2 is 2.10 bits per heavy atom. The number of nitro groups is 1. The molecule has 1 aromatic carbocycles. The van der Waals surface area contributed by atoms with E-state index in [1.807, 2.05) is 0 Å². The molecule has 1 heterocycles. The molecule has 0 atom stereocenters. The molecule has 0 bridgehead atoms. The number of nitrogens with one attached hydrogen (secondary N) is 1. The first-order chi connectivity index (χ1) is 9.47. The van der Waals surface area contributed by atoms with Crippen molar-refractivity contribution in [2.75, 3.05) is 5.32 Å². The van der Waals surface area contributed by atoms with Gasteiger partial charge in [-0.2, -0.15) is 0 Å². The Bertz CT molecular complexity index is 667. The van der Waals surface area contributed by atoms with Gasteiger partial charge in [-0.1, -0.05) is 6.07 Å². The Balaban J connectivity index is 2.20. The van der Waals surface area contributed by atoms with Gasteiger partial charge in [-0.3, -0.25) is 10.1 Å². The second-order valence-electron chi connectivity index (χ2n) is 3.87. The van der Waals surface area contributed by atoms with Crippen molar-refractivity contribution in [3.8, 4) is 0 Å². The van der Waals surface area contributed by atoms with Crippen LogP contribution in [0.1, 0.15) is 5.56 Å². The molecular formula is C12H8BrF2N3O2. The van der Waals surface area contributed by atoms with E-state index in [1.165, 1.54) is 18.3 Å². The van der Waals surface area contributed by atoms with E-state index >= 15 is 0 Å². The van der Waals surface area contributed by atoms with E-state index in [9.17, 15) is 18.9 Å². The minimum Gasteiger partial charge on any atom is -0.360 e. The summed E-state index contributed by atoms with van der Waals surface area (Å²) in [7, 11) is 0. The Hall–Kier alpha value is -2.09. The average molecular weight is 344 g/mol. The van der Waals surface area contributed by atoms with Gasteiger partial charge in [0.1, 0.15) is 11.6 Å². The van der Waals surface area contributed by atoms with Gasteiger partial charge in [0.15, 0.2) is 0 Å². The molecule has 2 rings (SSSR count). The van der Waals surface area contributed by atoms with E-state index in [4.69, 9.17) is 0 Å². The standard InChI is InChI=1S/C12H8BrF2N3O2/c13-8-3-11(18(19)20)12(17-6-8)16-5-7-1-2-9(14)4-10(7)15/h1-4,6H,5H2,(H,16,17). The predicted molar refractivity (Wildman–Crippen MR) is 72.3 cm³/mol. The summed E-state index contributed by atoms with van der Waals surface area (Å²) < 4.78 is 26.7. The summed E-state index contributed by atoms with van der Waals surface area (Å²) in [5.74, 6) is -1.39. The zero-order chi connectivity index (χ0) is 14.7. The van der Waals surface area contributed by atoms with Crippen molar-refractivity contribution < 1.29 is 13.7 Å². The van der Waals surface area contributed by atoms with E-state index in [2.05, 4.69) is 26.2 Å². The van der Waals surface area contributed by atoms with Crippen molar-refractivity contribution in [3.63, 3.8) is 0 Å². The summed E-state index contributed by atoms with van der Waals surface area (Å²) >= 11 is 3.08. The lowest BCUT2D eigenvalue weighted by molar-refractivity contribution is -0.384. The summed E-state index contributed by atoms with van der Waals surface area (Å²) in [6, 6.07) is 4.42. The lowest BCUT2D eigenvalue weighted by Crippen LogP contribution is -2.06. The van der Waals surface area contributed by atoms with Crippen LogP contribution in [-0.4, -0.2) is 9.91 Å². The molecule has 0 unspecified atom stereocenters. The van der Waals surface area contributed by atoms with E-state index in [-0.39, 0.29) is 23.6 Å². The first-order valence-electron chi connectivity index (χ1n) is 5.45. The monoisotopic (exact) mass is 343 g/mol. The van der Waals surface area contributed by atoms with Crippen LogP contribution in [0.4, 0.5) is 20.3 Å². The molecule has 0 saturated carbocycles. The summed E-state index contributed by atoms with van der Waals surface area (Å²) in [4.78, 5) is 14.1. The van der Waals surface area contributed by atoms with Crippen LogP contribution in [0, 0.1) is 21.7 Å². The number of rotatable bonds is 4. The molecule has 0 spiro atoms. The SMILES string of the molecule is O=[N+]([O-])c1cc(Br)cnc1NCc1ccc(F)cc1F. The molecule has 1 N–H and O–H groups in total. The van der Waals surface area contributed by atoms with E-state index in [0.29, 0.717) is 4.47 Å². The number of halogens is 3. The molecule has 0 aliphatic heterocycles. The zero-order valence-electron chi connectivity index (χ0n) is 9.94. The Kier molecular flexibility index (Phi) is 4.23. The maximum absolute atomic E-state index is 13.4. The summed E-state index contributed by atoms with van der Waals surface area (Å²) in [5.41, 5.74) is -0.0488. The second-order valence-corrected chi connectivity index (χ2v) is 4.78. The second kappa shape index (κ2) is 5.91. The van der Waals surface area contributed by atoms with Gasteiger partial charge in [-0.05, 0) is 22.0 Å². The highest BCUT2D eigenvalue weighted by molar-refractivity contribution is 9.10. The minimum atomic E-state index is -0.725. The number of aromatic nitrogens is 1. The molecule has 1 aromatic heterocycles. The molecule has 0 saturated heterocycles. The van der Waals surface area contributed by atoms with Crippen molar-refractivity contribution in [2.45, 2.75) is 6.54 Å². The lowest BCUT2D eigenvalue weighted by Gasteiger charge is -2.07. The Morgan fingerprint density at radius 1 is 1.35 bits per heavy atom. The molecule has 2 aromatic rings. The number of hydrogen-bond donors (Lipinski definition) is 1. The van der Waals surface area contributed by atoms with Gasteiger partial charge in [-0.25, -0.2) is 13.8 Å². The van der Waals surface area contributed by atoms with Crippen molar-refractivity contribution in [1.82, 2.24) is 4.98 Å². The molecule has 104 valence electrons. The topological polar surface area (TPSA) is 68.1 Å². The van der Waals surface area contributed by atoms with Gasteiger partial charge in [0.05, 0.1) is 4.92 Å². The molecular weight excluding hydrogens is 336 g/mol. The molecule has 20 heavy (non-hydrogen) atoms. The maximum Gasteiger partial charge on any atom is 0.312 e. The third-order valence-electron chi connectivity index (χ3n) is 2.49. The van der Waals surface area contributed by atoms with Gasteiger partial charge in [-0.15, -0.1) is 0 Å². The van der Waals surface area contributed by atoms with Crippen molar-refractivity contribution >= 4 is 27.4 Å². The molecule has 0 fully saturated rings. The van der Waals surface area contributed by atoms with E-state index < -0.39 is 16.6 Å². The largest absolute Gasteiger partial charge is 0.360 e. The molecule has 5 nitrogen and oxygen atoms in total. The maximum atomic E-state index is 13.4. The van der Waals surface area contributed by atoms with E-state index in [1.54, 1.807) is 0 Å². The number of anilines is 1. The van der Waals surface area contributed by atoms with Crippen LogP contribution in [0.25, 0.3) is 0 Å². The fraction of sp³-hybridized carbons (Fsp3) is 0.0833. The first kappa shape index (κ1) is 14.3. The van der Waals surface area contributed by atoms with Crippen molar-refractivity contribution in [1.29, 1.82) is 0 Å². The lowest BCUT2D eigenvalue weighted by atomic mass is 10.2. The highest BCUT2D eigenvalue weighted by Crippen LogP contribution is 2.25. The quantitative estimate of drug-likeness (QED) is 0.679. The van der Waals surface area contributed by atoms with Crippen LogP contribution < -0.4 is 5.32 Å². The minimum absolute atomic E-state index is 0.0157. The van der Waals surface area contributed by atoms with Crippen LogP contribution in [0.2, 0.25) is 0 Å². The predicted octanol–water partition coefficient (Wildman–Crippen LogP) is 3.64. The smallest absolute Gasteiger partial charge is 0.312 e. The molecule has 0 aliphatic carbocycles. The van der Waals surface area contributed by atoms with Gasteiger partial charge in [0.25, 0.3) is 0 Å². The Labute approximate surface area is 120 Å². The van der Waals surface area contributed by atoms with Crippen LogP contribution in [-0.2, 0) is 6.54 Å². The van der Waals surface area contributed by atoms with Gasteiger partial charge in [0, 0.05) is 34.9 Å². The average Bonchev–Trinajstić information content (AvgIpc) is 2.38. The van der Waals surface area contributed by atoms with Gasteiger partial charge >= 0.3 is 5.69 Å². The number of benzene rings is 1. The number of pyridine rings is 1. The number of hydrogen-bond acceptors (Lipinski definition) is 4. The van der Waals surface area contributed by atoms with Crippen LogP contribution in [0.3, 0.4) is 0 Å². The summed E-state index contributed by atoms with van der Waals surface area (Å²) in [6.45, 7) is -0.0401. The molecule has 0 aliphatic rings. The van der Waals surface area contributed by atoms with Crippen molar-refractivity contribution in [3.05, 3.63) is 62.2 Å². The molecule has 0 amide bonds. The molecule has 8 heteroatoms. The van der Waals surface area contributed by atoms with Gasteiger partial charge in [0.2, 0.25) is 5.82 Å². The van der Waals surface area contributed by atoms with Crippen LogP contribution >= 0.6 is 15.9 Å². The fourth-order valence-electron chi connectivity index (χ4n) is 1.55. The zero-order valence-corrected chi connectivity index (χ0v) is 11.5. The van der Waals surface area contributed by atoms with Crippen LogP contribution in [0.5, 0.6) is 0 Å². The van der Waals surface area contributed by atoms with Crippen molar-refractivity contribution in [2.24, 2.45) is 0 Å². The Morgan fingerprint density at radius 3 is 2.75 bits per heavy atom. The van der Waals surface area contributed by atoms with Gasteiger partial charge < -0.3 is 5.32 Å². The highest BCUT2D eigenvalue weighted by atomic mass is 79.9.